The summed E-state index contributed by atoms with van der Waals surface area (Å²) in [7, 11) is 1.93. The van der Waals surface area contributed by atoms with E-state index in [1.165, 1.54) is 6.07 Å². The van der Waals surface area contributed by atoms with Crippen LogP contribution in [0.3, 0.4) is 0 Å². The molecule has 0 aliphatic heterocycles. The molecule has 1 aliphatic carbocycles. The third-order valence-electron chi connectivity index (χ3n) is 3.84. The summed E-state index contributed by atoms with van der Waals surface area (Å²) < 4.78 is 15.3. The van der Waals surface area contributed by atoms with Crippen LogP contribution in [0.5, 0.6) is 0 Å². The molecule has 3 aromatic rings. The first-order valence-corrected chi connectivity index (χ1v) is 6.78. The van der Waals surface area contributed by atoms with E-state index in [0.29, 0.717) is 6.42 Å². The van der Waals surface area contributed by atoms with Crippen molar-refractivity contribution in [3.05, 3.63) is 52.7 Å². The molecule has 0 radical (unpaired) electrons. The lowest BCUT2D eigenvalue weighted by Crippen LogP contribution is -1.99. The first-order valence-electron chi connectivity index (χ1n) is 6.78. The highest BCUT2D eigenvalue weighted by molar-refractivity contribution is 5.89. The van der Waals surface area contributed by atoms with E-state index in [9.17, 15) is 4.39 Å². The number of aryl methyl sites for hydroxylation is 2. The second kappa shape index (κ2) is 4.22. The van der Waals surface area contributed by atoms with Gasteiger partial charge in [0.2, 0.25) is 0 Å². The molecular weight excluding hydrogens is 267 g/mol. The smallest absolute Gasteiger partial charge is 0.182 e. The monoisotopic (exact) mass is 280 g/mol. The van der Waals surface area contributed by atoms with Gasteiger partial charge in [0.15, 0.2) is 5.65 Å². The lowest BCUT2D eigenvalue weighted by molar-refractivity contribution is 0.626. The SMILES string of the molecule is Cc1cc2nc(C3=Cc4ccc(F)cc4C3)n(C)c2nn1. The molecule has 0 N–H and O–H groups in total. The molecule has 4 rings (SSSR count). The van der Waals surface area contributed by atoms with Crippen LogP contribution in [0, 0.1) is 12.7 Å². The lowest BCUT2D eigenvalue weighted by atomic mass is 10.1. The van der Waals surface area contributed by atoms with Gasteiger partial charge in [0, 0.05) is 19.0 Å². The van der Waals surface area contributed by atoms with Gasteiger partial charge in [-0.05, 0) is 42.3 Å². The molecule has 0 bridgehead atoms. The molecule has 5 heteroatoms. The van der Waals surface area contributed by atoms with Gasteiger partial charge in [0.1, 0.15) is 17.2 Å². The van der Waals surface area contributed by atoms with Gasteiger partial charge in [-0.2, -0.15) is 5.10 Å². The zero-order valence-corrected chi connectivity index (χ0v) is 11.8. The molecule has 1 aromatic carbocycles. The van der Waals surface area contributed by atoms with Crippen LogP contribution in [-0.2, 0) is 13.5 Å². The number of nitrogens with zero attached hydrogens (tertiary/aromatic N) is 4. The number of hydrogen-bond donors (Lipinski definition) is 0. The average Bonchev–Trinajstić information content (AvgIpc) is 2.99. The van der Waals surface area contributed by atoms with Gasteiger partial charge in [-0.25, -0.2) is 9.37 Å². The predicted molar refractivity (Wildman–Crippen MR) is 79.0 cm³/mol. The average molecular weight is 280 g/mol. The van der Waals surface area contributed by atoms with E-state index < -0.39 is 0 Å². The lowest BCUT2D eigenvalue weighted by Gasteiger charge is -2.02. The van der Waals surface area contributed by atoms with Crippen LogP contribution in [0.1, 0.15) is 22.6 Å². The molecule has 0 saturated carbocycles. The van der Waals surface area contributed by atoms with Gasteiger partial charge in [-0.15, -0.1) is 5.10 Å². The van der Waals surface area contributed by atoms with E-state index in [-0.39, 0.29) is 5.82 Å². The molecule has 0 atom stereocenters. The van der Waals surface area contributed by atoms with Crippen molar-refractivity contribution in [3.8, 4) is 0 Å². The molecule has 4 nitrogen and oxygen atoms in total. The predicted octanol–water partition coefficient (Wildman–Crippen LogP) is 2.91. The van der Waals surface area contributed by atoms with Crippen molar-refractivity contribution in [3.63, 3.8) is 0 Å². The number of aromatic nitrogens is 4. The Morgan fingerprint density at radius 1 is 1.19 bits per heavy atom. The minimum atomic E-state index is -0.199. The van der Waals surface area contributed by atoms with Crippen LogP contribution in [0.4, 0.5) is 4.39 Å². The van der Waals surface area contributed by atoms with Crippen LogP contribution in [0.25, 0.3) is 22.8 Å². The summed E-state index contributed by atoms with van der Waals surface area (Å²) in [4.78, 5) is 4.66. The second-order valence-electron chi connectivity index (χ2n) is 5.38. The van der Waals surface area contributed by atoms with Gasteiger partial charge in [0.25, 0.3) is 0 Å². The van der Waals surface area contributed by atoms with Crippen molar-refractivity contribution < 1.29 is 4.39 Å². The van der Waals surface area contributed by atoms with E-state index in [2.05, 4.69) is 21.3 Å². The Bertz CT molecular complexity index is 908. The van der Waals surface area contributed by atoms with Gasteiger partial charge < -0.3 is 4.57 Å². The van der Waals surface area contributed by atoms with Crippen molar-refractivity contribution >= 4 is 22.8 Å². The molecule has 0 unspecified atom stereocenters. The van der Waals surface area contributed by atoms with Crippen LogP contribution in [0.2, 0.25) is 0 Å². The second-order valence-corrected chi connectivity index (χ2v) is 5.38. The fraction of sp³-hybridized carbons (Fsp3) is 0.188. The minimum absolute atomic E-state index is 0.199. The maximum Gasteiger partial charge on any atom is 0.182 e. The largest absolute Gasteiger partial charge is 0.311 e. The third kappa shape index (κ3) is 1.85. The zero-order chi connectivity index (χ0) is 14.6. The molecule has 0 spiro atoms. The van der Waals surface area contributed by atoms with Gasteiger partial charge in [-0.1, -0.05) is 6.07 Å². The molecule has 2 heterocycles. The molecule has 1 aliphatic rings. The number of benzene rings is 1. The summed E-state index contributed by atoms with van der Waals surface area (Å²) in [6.07, 6.45) is 2.76. The van der Waals surface area contributed by atoms with Crippen molar-refractivity contribution in [1.29, 1.82) is 0 Å². The Kier molecular flexibility index (Phi) is 2.45. The fourth-order valence-electron chi connectivity index (χ4n) is 2.82. The Labute approximate surface area is 121 Å². The number of allylic oxidation sites excluding steroid dienone is 1. The number of rotatable bonds is 1. The summed E-state index contributed by atoms with van der Waals surface area (Å²) in [5.41, 5.74) is 5.58. The summed E-state index contributed by atoms with van der Waals surface area (Å²) in [5.74, 6) is 0.663. The number of fused-ring (bicyclic) bond motifs is 2. The summed E-state index contributed by atoms with van der Waals surface area (Å²) in [6, 6.07) is 6.81. The van der Waals surface area contributed by atoms with Crippen molar-refractivity contribution in [1.82, 2.24) is 19.7 Å². The van der Waals surface area contributed by atoms with E-state index in [1.807, 2.05) is 30.7 Å². The number of imidazole rings is 1. The van der Waals surface area contributed by atoms with Crippen LogP contribution in [-0.4, -0.2) is 19.7 Å². The topological polar surface area (TPSA) is 43.6 Å². The zero-order valence-electron chi connectivity index (χ0n) is 11.8. The normalized spacial score (nSPS) is 13.6. The number of hydrogen-bond acceptors (Lipinski definition) is 3. The Morgan fingerprint density at radius 3 is 2.90 bits per heavy atom. The Balaban J connectivity index is 1.84. The standard InChI is InChI=1S/C16H13FN4/c1-9-5-14-16(20-19-9)21(2)15(18-14)12-6-10-3-4-13(17)8-11(10)7-12/h3-6,8H,7H2,1-2H3. The first kappa shape index (κ1) is 12.2. The summed E-state index contributed by atoms with van der Waals surface area (Å²) in [6.45, 7) is 1.90. The van der Waals surface area contributed by atoms with Crippen molar-refractivity contribution in [2.75, 3.05) is 0 Å². The molecule has 21 heavy (non-hydrogen) atoms. The Morgan fingerprint density at radius 2 is 2.05 bits per heavy atom. The Hall–Kier alpha value is -2.56. The highest BCUT2D eigenvalue weighted by atomic mass is 19.1. The highest BCUT2D eigenvalue weighted by Crippen LogP contribution is 2.32. The molecule has 0 amide bonds. The van der Waals surface area contributed by atoms with Crippen LogP contribution >= 0.6 is 0 Å². The van der Waals surface area contributed by atoms with Crippen molar-refractivity contribution in [2.24, 2.45) is 7.05 Å². The third-order valence-corrected chi connectivity index (χ3v) is 3.84. The molecular formula is C16H13FN4. The number of halogens is 1. The van der Waals surface area contributed by atoms with E-state index in [4.69, 9.17) is 0 Å². The summed E-state index contributed by atoms with van der Waals surface area (Å²) in [5, 5.41) is 8.28. The maximum absolute atomic E-state index is 13.3. The van der Waals surface area contributed by atoms with Crippen molar-refractivity contribution in [2.45, 2.75) is 13.3 Å². The van der Waals surface area contributed by atoms with Crippen LogP contribution < -0.4 is 0 Å². The van der Waals surface area contributed by atoms with E-state index >= 15 is 0 Å². The van der Waals surface area contributed by atoms with Gasteiger partial charge >= 0.3 is 0 Å². The van der Waals surface area contributed by atoms with Gasteiger partial charge in [-0.3, -0.25) is 0 Å². The van der Waals surface area contributed by atoms with Crippen LogP contribution in [0.15, 0.2) is 24.3 Å². The minimum Gasteiger partial charge on any atom is -0.311 e. The summed E-state index contributed by atoms with van der Waals surface area (Å²) >= 11 is 0. The molecule has 104 valence electrons. The highest BCUT2D eigenvalue weighted by Gasteiger charge is 2.20. The quantitative estimate of drug-likeness (QED) is 0.688. The van der Waals surface area contributed by atoms with Gasteiger partial charge in [0.05, 0.1) is 5.69 Å². The maximum atomic E-state index is 13.3. The fourth-order valence-corrected chi connectivity index (χ4v) is 2.82. The molecule has 0 saturated heterocycles. The van der Waals surface area contributed by atoms with E-state index in [0.717, 1.165) is 39.4 Å². The van der Waals surface area contributed by atoms with E-state index in [1.54, 1.807) is 6.07 Å². The molecule has 2 aromatic heterocycles. The molecule has 0 fully saturated rings. The first-order chi connectivity index (χ1) is 10.1.